The third-order valence-corrected chi connectivity index (χ3v) is 5.47. The topological polar surface area (TPSA) is 57.5 Å². The molecule has 3 nitrogen and oxygen atoms in total. The van der Waals surface area contributed by atoms with Crippen LogP contribution in [0.3, 0.4) is 0 Å². The standard InChI is InChI=1S/C18H34O3/c1-4-7-10-11-14-17(13-9-6-3)15(12-8-5-2)18(17,21)16(19)20/h15,21H,4-14H2,1-3H3,(H,19,20). The van der Waals surface area contributed by atoms with Crippen LogP contribution in [0.15, 0.2) is 0 Å². The van der Waals surface area contributed by atoms with Gasteiger partial charge >= 0.3 is 5.97 Å². The van der Waals surface area contributed by atoms with E-state index in [0.717, 1.165) is 57.8 Å². The first kappa shape index (κ1) is 18.5. The molecule has 0 spiro atoms. The molecule has 1 rings (SSSR count). The van der Waals surface area contributed by atoms with E-state index in [1.807, 2.05) is 0 Å². The zero-order valence-electron chi connectivity index (χ0n) is 14.2. The van der Waals surface area contributed by atoms with Gasteiger partial charge in [-0.3, -0.25) is 0 Å². The second-order valence-electron chi connectivity index (χ2n) is 6.84. The normalized spacial score (nSPS) is 31.3. The molecule has 0 aromatic rings. The quantitative estimate of drug-likeness (QED) is 0.510. The van der Waals surface area contributed by atoms with Gasteiger partial charge in [-0.05, 0) is 19.3 Å². The first-order valence-electron chi connectivity index (χ1n) is 8.97. The molecule has 0 aromatic heterocycles. The Morgan fingerprint density at radius 1 is 0.905 bits per heavy atom. The highest BCUT2D eigenvalue weighted by atomic mass is 16.4. The van der Waals surface area contributed by atoms with Crippen LogP contribution in [0.5, 0.6) is 0 Å². The van der Waals surface area contributed by atoms with Crippen LogP contribution in [0.1, 0.15) is 91.4 Å². The Morgan fingerprint density at radius 2 is 1.48 bits per heavy atom. The lowest BCUT2D eigenvalue weighted by Crippen LogP contribution is -2.30. The summed E-state index contributed by atoms with van der Waals surface area (Å²) in [6, 6.07) is 0. The average Bonchev–Trinajstić information content (AvgIpc) is 2.99. The molecule has 1 saturated carbocycles. The minimum Gasteiger partial charge on any atom is -0.479 e. The number of aliphatic carboxylic acids is 1. The van der Waals surface area contributed by atoms with Gasteiger partial charge in [-0.15, -0.1) is 0 Å². The van der Waals surface area contributed by atoms with Crippen LogP contribution in [0, 0.1) is 11.3 Å². The minimum absolute atomic E-state index is 0.0318. The summed E-state index contributed by atoms with van der Waals surface area (Å²) in [6.45, 7) is 6.44. The van der Waals surface area contributed by atoms with Gasteiger partial charge in [0.05, 0.1) is 0 Å². The summed E-state index contributed by atoms with van der Waals surface area (Å²) < 4.78 is 0. The SMILES string of the molecule is CCCCCCC1(CCCC)C(CCCC)C1(O)C(=O)O. The van der Waals surface area contributed by atoms with Gasteiger partial charge in [-0.2, -0.15) is 0 Å². The first-order valence-corrected chi connectivity index (χ1v) is 8.97. The van der Waals surface area contributed by atoms with Crippen molar-refractivity contribution in [3.8, 4) is 0 Å². The van der Waals surface area contributed by atoms with Crippen LogP contribution in [-0.2, 0) is 4.79 Å². The molecule has 3 unspecified atom stereocenters. The van der Waals surface area contributed by atoms with E-state index < -0.39 is 11.6 Å². The molecular weight excluding hydrogens is 264 g/mol. The molecule has 1 aliphatic rings. The fraction of sp³-hybridized carbons (Fsp3) is 0.944. The van der Waals surface area contributed by atoms with E-state index in [1.54, 1.807) is 0 Å². The molecule has 124 valence electrons. The maximum Gasteiger partial charge on any atom is 0.336 e. The van der Waals surface area contributed by atoms with E-state index in [2.05, 4.69) is 20.8 Å². The molecule has 1 fully saturated rings. The van der Waals surface area contributed by atoms with Gasteiger partial charge in [0.25, 0.3) is 0 Å². The van der Waals surface area contributed by atoms with Gasteiger partial charge < -0.3 is 10.2 Å². The van der Waals surface area contributed by atoms with Crippen LogP contribution in [0.25, 0.3) is 0 Å². The largest absolute Gasteiger partial charge is 0.479 e. The lowest BCUT2D eigenvalue weighted by atomic mass is 9.86. The molecule has 0 aromatic carbocycles. The predicted octanol–water partition coefficient (Wildman–Crippen LogP) is 4.77. The Labute approximate surface area is 130 Å². The van der Waals surface area contributed by atoms with Gasteiger partial charge in [-0.1, -0.05) is 72.1 Å². The van der Waals surface area contributed by atoms with Crippen molar-refractivity contribution >= 4 is 5.97 Å². The Balaban J connectivity index is 2.79. The minimum atomic E-state index is -1.45. The van der Waals surface area contributed by atoms with E-state index in [1.165, 1.54) is 12.8 Å². The first-order chi connectivity index (χ1) is 10.0. The molecule has 3 heteroatoms. The maximum atomic E-state index is 11.7. The van der Waals surface area contributed by atoms with E-state index >= 15 is 0 Å². The zero-order valence-corrected chi connectivity index (χ0v) is 14.2. The summed E-state index contributed by atoms with van der Waals surface area (Å²) in [6.07, 6.45) is 11.4. The molecule has 0 heterocycles. The van der Waals surface area contributed by atoms with Crippen molar-refractivity contribution in [1.82, 2.24) is 0 Å². The fourth-order valence-corrected chi connectivity index (χ4v) is 4.13. The van der Waals surface area contributed by atoms with Crippen LogP contribution in [0.2, 0.25) is 0 Å². The summed E-state index contributed by atoms with van der Waals surface area (Å²) >= 11 is 0. The van der Waals surface area contributed by atoms with Gasteiger partial charge in [0, 0.05) is 11.3 Å². The Hall–Kier alpha value is -0.570. The smallest absolute Gasteiger partial charge is 0.336 e. The molecule has 1 aliphatic carbocycles. The summed E-state index contributed by atoms with van der Waals surface area (Å²) in [5, 5.41) is 20.4. The molecule has 0 radical (unpaired) electrons. The van der Waals surface area contributed by atoms with Crippen molar-refractivity contribution in [2.45, 2.75) is 97.0 Å². The monoisotopic (exact) mass is 298 g/mol. The van der Waals surface area contributed by atoms with E-state index in [4.69, 9.17) is 0 Å². The number of carbonyl (C=O) groups is 1. The van der Waals surface area contributed by atoms with Crippen LogP contribution < -0.4 is 0 Å². The number of carboxylic acids is 1. The molecule has 0 amide bonds. The summed E-state index contributed by atoms with van der Waals surface area (Å²) in [4.78, 5) is 11.7. The third kappa shape index (κ3) is 3.61. The lowest BCUT2D eigenvalue weighted by molar-refractivity contribution is -0.152. The number of hydrogen-bond acceptors (Lipinski definition) is 2. The lowest BCUT2D eigenvalue weighted by Gasteiger charge is -2.19. The second kappa shape index (κ2) is 8.17. The molecule has 2 N–H and O–H groups in total. The second-order valence-corrected chi connectivity index (χ2v) is 6.84. The van der Waals surface area contributed by atoms with Crippen LogP contribution in [0.4, 0.5) is 0 Å². The maximum absolute atomic E-state index is 11.7. The molecule has 0 saturated heterocycles. The summed E-state index contributed by atoms with van der Waals surface area (Å²) in [5.74, 6) is -1.02. The summed E-state index contributed by atoms with van der Waals surface area (Å²) in [5.41, 5.74) is -1.80. The number of rotatable bonds is 12. The molecule has 3 atom stereocenters. The van der Waals surface area contributed by atoms with Gasteiger partial charge in [0.15, 0.2) is 5.60 Å². The molecule has 21 heavy (non-hydrogen) atoms. The van der Waals surface area contributed by atoms with Crippen molar-refractivity contribution < 1.29 is 15.0 Å². The number of unbranched alkanes of at least 4 members (excludes halogenated alkanes) is 5. The highest BCUT2D eigenvalue weighted by molar-refractivity contribution is 5.84. The molecular formula is C18H34O3. The number of aliphatic hydroxyl groups is 1. The van der Waals surface area contributed by atoms with Crippen molar-refractivity contribution in [2.75, 3.05) is 0 Å². The van der Waals surface area contributed by atoms with Gasteiger partial charge in [0.1, 0.15) is 0 Å². The van der Waals surface area contributed by atoms with Crippen LogP contribution in [-0.4, -0.2) is 21.8 Å². The highest BCUT2D eigenvalue weighted by Crippen LogP contribution is 2.69. The summed E-state index contributed by atoms with van der Waals surface area (Å²) in [7, 11) is 0. The Morgan fingerprint density at radius 3 is 2.00 bits per heavy atom. The Kier molecular flexibility index (Phi) is 7.19. The van der Waals surface area contributed by atoms with Crippen LogP contribution >= 0.6 is 0 Å². The number of carboxylic acid groups (broad SMARTS) is 1. The third-order valence-electron chi connectivity index (χ3n) is 5.47. The molecule has 0 aliphatic heterocycles. The number of hydrogen-bond donors (Lipinski definition) is 2. The average molecular weight is 298 g/mol. The fourth-order valence-electron chi connectivity index (χ4n) is 4.13. The van der Waals surface area contributed by atoms with Gasteiger partial charge in [-0.25, -0.2) is 4.79 Å². The molecule has 0 bridgehead atoms. The predicted molar refractivity (Wildman–Crippen MR) is 86.3 cm³/mol. The van der Waals surface area contributed by atoms with E-state index in [0.29, 0.717) is 0 Å². The Bertz CT molecular complexity index is 328. The van der Waals surface area contributed by atoms with Crippen molar-refractivity contribution in [3.63, 3.8) is 0 Å². The van der Waals surface area contributed by atoms with Gasteiger partial charge in [0.2, 0.25) is 0 Å². The highest BCUT2D eigenvalue weighted by Gasteiger charge is 2.78. The zero-order chi connectivity index (χ0) is 15.9. The van der Waals surface area contributed by atoms with E-state index in [9.17, 15) is 15.0 Å². The van der Waals surface area contributed by atoms with E-state index in [-0.39, 0.29) is 11.3 Å². The van der Waals surface area contributed by atoms with Crippen molar-refractivity contribution in [3.05, 3.63) is 0 Å². The van der Waals surface area contributed by atoms with Crippen molar-refractivity contribution in [1.29, 1.82) is 0 Å². The van der Waals surface area contributed by atoms with Crippen molar-refractivity contribution in [2.24, 2.45) is 11.3 Å².